The summed E-state index contributed by atoms with van der Waals surface area (Å²) in [6.45, 7) is 4.60. The molecule has 0 radical (unpaired) electrons. The number of nitrogens with one attached hydrogen (secondary N) is 1. The number of rotatable bonds is 11. The molecular formula is C28H33ClN4O. The number of nitrogens with zero attached hydrogens (tertiary/aromatic N) is 2. The van der Waals surface area contributed by atoms with E-state index >= 15 is 0 Å². The first-order valence-corrected chi connectivity index (χ1v) is 12.5. The molecule has 178 valence electrons. The summed E-state index contributed by atoms with van der Waals surface area (Å²) in [6.07, 6.45) is 7.69. The van der Waals surface area contributed by atoms with E-state index in [0.29, 0.717) is 12.4 Å². The minimum absolute atomic E-state index is 0.0995. The Hall–Kier alpha value is -2.89. The SMILES string of the molecule is CCCCC(Cl)CC(c1ccccc1)[C@H](N)COc1cncc(-c2ccc3n[nH]c(C)c3c2)c1. The van der Waals surface area contributed by atoms with Gasteiger partial charge in [-0.1, -0.05) is 56.2 Å². The van der Waals surface area contributed by atoms with Crippen LogP contribution in [0.2, 0.25) is 0 Å². The van der Waals surface area contributed by atoms with Gasteiger partial charge >= 0.3 is 0 Å². The second kappa shape index (κ2) is 11.5. The summed E-state index contributed by atoms with van der Waals surface area (Å²) in [5.41, 5.74) is 11.9. The lowest BCUT2D eigenvalue weighted by molar-refractivity contribution is 0.264. The van der Waals surface area contributed by atoms with Crippen LogP contribution in [0, 0.1) is 6.92 Å². The molecule has 0 fully saturated rings. The molecular weight excluding hydrogens is 444 g/mol. The summed E-state index contributed by atoms with van der Waals surface area (Å²) >= 11 is 6.69. The predicted octanol–water partition coefficient (Wildman–Crippen LogP) is 6.61. The highest BCUT2D eigenvalue weighted by atomic mass is 35.5. The van der Waals surface area contributed by atoms with E-state index in [0.717, 1.165) is 53.4 Å². The van der Waals surface area contributed by atoms with Crippen molar-refractivity contribution in [3.8, 4) is 16.9 Å². The monoisotopic (exact) mass is 476 g/mol. The van der Waals surface area contributed by atoms with Crippen LogP contribution in [0.25, 0.3) is 22.0 Å². The maximum Gasteiger partial charge on any atom is 0.138 e. The van der Waals surface area contributed by atoms with Gasteiger partial charge in [-0.05, 0) is 49.1 Å². The van der Waals surface area contributed by atoms with Gasteiger partial charge in [-0.25, -0.2) is 0 Å². The Morgan fingerprint density at radius 2 is 1.88 bits per heavy atom. The molecule has 5 nitrogen and oxygen atoms in total. The summed E-state index contributed by atoms with van der Waals surface area (Å²) in [5.74, 6) is 0.834. The molecule has 0 aliphatic carbocycles. The highest BCUT2D eigenvalue weighted by Gasteiger charge is 2.24. The Morgan fingerprint density at radius 3 is 2.68 bits per heavy atom. The van der Waals surface area contributed by atoms with E-state index in [2.05, 4.69) is 58.5 Å². The van der Waals surface area contributed by atoms with Gasteiger partial charge in [-0.2, -0.15) is 5.10 Å². The maximum absolute atomic E-state index is 6.69. The smallest absolute Gasteiger partial charge is 0.138 e. The molecule has 3 atom stereocenters. The average Bonchev–Trinajstić information content (AvgIpc) is 3.25. The minimum atomic E-state index is -0.182. The number of nitrogens with two attached hydrogens (primary N) is 1. The largest absolute Gasteiger partial charge is 0.490 e. The van der Waals surface area contributed by atoms with Crippen molar-refractivity contribution in [1.82, 2.24) is 15.2 Å². The quantitative estimate of drug-likeness (QED) is 0.239. The van der Waals surface area contributed by atoms with E-state index < -0.39 is 0 Å². The van der Waals surface area contributed by atoms with Gasteiger partial charge in [0, 0.05) is 40.2 Å². The van der Waals surface area contributed by atoms with E-state index in [-0.39, 0.29) is 17.3 Å². The van der Waals surface area contributed by atoms with Crippen LogP contribution in [0.15, 0.2) is 67.0 Å². The molecule has 2 aromatic carbocycles. The minimum Gasteiger partial charge on any atom is -0.490 e. The molecule has 0 aliphatic rings. The Morgan fingerprint density at radius 1 is 1.06 bits per heavy atom. The summed E-state index contributed by atoms with van der Waals surface area (Å²) in [5, 5.41) is 8.55. The summed E-state index contributed by atoms with van der Waals surface area (Å²) in [7, 11) is 0. The van der Waals surface area contributed by atoms with Gasteiger partial charge in [0.1, 0.15) is 12.4 Å². The zero-order valence-electron chi connectivity index (χ0n) is 19.9. The Kier molecular flexibility index (Phi) is 8.20. The number of H-pyrrole nitrogens is 1. The zero-order valence-corrected chi connectivity index (χ0v) is 20.6. The van der Waals surface area contributed by atoms with E-state index in [4.69, 9.17) is 22.1 Å². The molecule has 2 unspecified atom stereocenters. The first-order chi connectivity index (χ1) is 16.5. The van der Waals surface area contributed by atoms with Crippen LogP contribution in [0.3, 0.4) is 0 Å². The van der Waals surface area contributed by atoms with Crippen LogP contribution in [0.1, 0.15) is 49.8 Å². The van der Waals surface area contributed by atoms with Gasteiger partial charge in [0.05, 0.1) is 11.7 Å². The molecule has 0 spiro atoms. The normalized spacial score (nSPS) is 14.1. The fourth-order valence-electron chi connectivity index (χ4n) is 4.36. The molecule has 0 aliphatic heterocycles. The Bertz CT molecular complexity index is 1190. The summed E-state index contributed by atoms with van der Waals surface area (Å²) < 4.78 is 6.14. The van der Waals surface area contributed by atoms with Crippen molar-refractivity contribution in [2.24, 2.45) is 5.73 Å². The number of aryl methyl sites for hydroxylation is 1. The van der Waals surface area contributed by atoms with E-state index in [1.807, 2.05) is 31.3 Å². The Balaban J connectivity index is 1.47. The predicted molar refractivity (Wildman–Crippen MR) is 140 cm³/mol. The second-order valence-electron chi connectivity index (χ2n) is 8.96. The molecule has 4 rings (SSSR count). The van der Waals surface area contributed by atoms with E-state index in [1.54, 1.807) is 6.20 Å². The topological polar surface area (TPSA) is 76.8 Å². The average molecular weight is 477 g/mol. The summed E-state index contributed by atoms with van der Waals surface area (Å²) in [6, 6.07) is 18.4. The van der Waals surface area contributed by atoms with Crippen LogP contribution in [0.5, 0.6) is 5.75 Å². The number of halogens is 1. The van der Waals surface area contributed by atoms with Gasteiger partial charge in [-0.15, -0.1) is 11.6 Å². The fourth-order valence-corrected chi connectivity index (χ4v) is 4.71. The van der Waals surface area contributed by atoms with Crippen molar-refractivity contribution < 1.29 is 4.74 Å². The van der Waals surface area contributed by atoms with Crippen LogP contribution in [-0.4, -0.2) is 33.2 Å². The number of fused-ring (bicyclic) bond motifs is 1. The molecule has 4 aromatic rings. The van der Waals surface area contributed by atoms with Gasteiger partial charge in [0.25, 0.3) is 0 Å². The maximum atomic E-state index is 6.69. The molecule has 0 saturated heterocycles. The third-order valence-corrected chi connectivity index (χ3v) is 6.76. The van der Waals surface area contributed by atoms with Gasteiger partial charge in [-0.3, -0.25) is 10.1 Å². The van der Waals surface area contributed by atoms with Gasteiger partial charge < -0.3 is 10.5 Å². The molecule has 0 bridgehead atoms. The van der Waals surface area contributed by atoms with Gasteiger partial charge in [0.15, 0.2) is 0 Å². The molecule has 34 heavy (non-hydrogen) atoms. The van der Waals surface area contributed by atoms with Crippen molar-refractivity contribution in [3.63, 3.8) is 0 Å². The number of ether oxygens (including phenoxy) is 1. The van der Waals surface area contributed by atoms with E-state index in [9.17, 15) is 0 Å². The number of hydrogen-bond donors (Lipinski definition) is 2. The molecule has 2 heterocycles. The first kappa shape index (κ1) is 24.2. The van der Waals surface area contributed by atoms with Crippen molar-refractivity contribution in [1.29, 1.82) is 0 Å². The van der Waals surface area contributed by atoms with Crippen LogP contribution in [0.4, 0.5) is 0 Å². The third kappa shape index (κ3) is 5.96. The molecule has 2 aromatic heterocycles. The number of aromatic nitrogens is 3. The molecule has 0 amide bonds. The fraction of sp³-hybridized carbons (Fsp3) is 0.357. The lowest BCUT2D eigenvalue weighted by Crippen LogP contribution is -2.36. The van der Waals surface area contributed by atoms with Crippen molar-refractivity contribution in [3.05, 3.63) is 78.2 Å². The number of aromatic amines is 1. The first-order valence-electron chi connectivity index (χ1n) is 12.0. The number of pyridine rings is 1. The molecule has 0 saturated carbocycles. The van der Waals surface area contributed by atoms with Crippen molar-refractivity contribution in [2.45, 2.75) is 56.9 Å². The number of unbranched alkanes of at least 4 members (excludes halogenated alkanes) is 1. The Labute approximate surface area is 206 Å². The zero-order chi connectivity index (χ0) is 23.9. The molecule has 3 N–H and O–H groups in total. The summed E-state index contributed by atoms with van der Waals surface area (Å²) in [4.78, 5) is 4.40. The highest BCUT2D eigenvalue weighted by molar-refractivity contribution is 6.20. The third-order valence-electron chi connectivity index (χ3n) is 6.36. The standard InChI is InChI=1S/C28H33ClN4O/c1-3-4-10-23(29)15-26(20-8-6-5-7-9-20)27(30)18-34-24-13-22(16-31-17-24)21-11-12-28-25(14-21)19(2)32-33-28/h5-9,11-14,16-17,23,26-27H,3-4,10,15,18,30H2,1-2H3,(H,32,33)/t23?,26?,27-/m1/s1. The van der Waals surface area contributed by atoms with Crippen LogP contribution in [-0.2, 0) is 0 Å². The van der Waals surface area contributed by atoms with Crippen LogP contribution >= 0.6 is 11.6 Å². The van der Waals surface area contributed by atoms with Gasteiger partial charge in [0.2, 0.25) is 0 Å². The van der Waals surface area contributed by atoms with E-state index in [1.165, 1.54) is 5.56 Å². The molecule has 6 heteroatoms. The number of alkyl halides is 1. The lowest BCUT2D eigenvalue weighted by atomic mass is 9.87. The van der Waals surface area contributed by atoms with Crippen molar-refractivity contribution >= 4 is 22.5 Å². The van der Waals surface area contributed by atoms with Crippen LogP contribution < -0.4 is 10.5 Å². The lowest BCUT2D eigenvalue weighted by Gasteiger charge is -2.26. The number of benzene rings is 2. The highest BCUT2D eigenvalue weighted by Crippen LogP contribution is 2.30. The van der Waals surface area contributed by atoms with Crippen molar-refractivity contribution in [2.75, 3.05) is 6.61 Å². The second-order valence-corrected chi connectivity index (χ2v) is 9.57. The number of hydrogen-bond acceptors (Lipinski definition) is 4.